The van der Waals surface area contributed by atoms with E-state index in [1.54, 1.807) is 0 Å². The highest BCUT2D eigenvalue weighted by Crippen LogP contribution is 2.19. The van der Waals surface area contributed by atoms with Gasteiger partial charge in [0.05, 0.1) is 7.11 Å². The molecule has 0 saturated carbocycles. The minimum atomic E-state index is -0.387. The number of benzene rings is 1. The maximum atomic E-state index is 12.1. The van der Waals surface area contributed by atoms with E-state index >= 15 is 0 Å². The molecule has 1 atom stereocenters. The summed E-state index contributed by atoms with van der Waals surface area (Å²) in [4.78, 5) is 14.4. The Labute approximate surface area is 128 Å². The average Bonchev–Trinajstić information content (AvgIpc) is 2.54. The maximum absolute atomic E-state index is 12.1. The van der Waals surface area contributed by atoms with Crippen molar-refractivity contribution in [1.29, 1.82) is 0 Å². The maximum Gasteiger partial charge on any atom is 0.327 e. The second-order valence-corrected chi connectivity index (χ2v) is 4.99. The van der Waals surface area contributed by atoms with Crippen LogP contribution in [0, 0.1) is 0 Å². The molecule has 4 nitrogen and oxygen atoms in total. The summed E-state index contributed by atoms with van der Waals surface area (Å²) in [6.45, 7) is 10.1. The summed E-state index contributed by atoms with van der Waals surface area (Å²) < 4.78 is 4.96. The van der Waals surface area contributed by atoms with Crippen LogP contribution in [-0.2, 0) is 16.0 Å². The van der Waals surface area contributed by atoms with Crippen molar-refractivity contribution in [2.24, 2.45) is 0 Å². The number of carbonyl (C=O) groups is 1. The van der Waals surface area contributed by atoms with Gasteiger partial charge in [-0.25, -0.2) is 4.79 Å². The average molecular weight is 292 g/mol. The lowest BCUT2D eigenvalue weighted by molar-refractivity contribution is -0.143. The van der Waals surface area contributed by atoms with Crippen molar-refractivity contribution in [2.45, 2.75) is 33.2 Å². The molecule has 0 amide bonds. The van der Waals surface area contributed by atoms with Crippen LogP contribution >= 0.6 is 0 Å². The van der Waals surface area contributed by atoms with Crippen LogP contribution in [0.1, 0.15) is 37.9 Å². The van der Waals surface area contributed by atoms with Gasteiger partial charge >= 0.3 is 5.97 Å². The van der Waals surface area contributed by atoms with Crippen LogP contribution in [0.2, 0.25) is 0 Å². The highest BCUT2D eigenvalue weighted by atomic mass is 16.5. The van der Waals surface area contributed by atoms with Gasteiger partial charge in [-0.15, -0.1) is 0 Å². The molecule has 1 aromatic rings. The molecule has 0 bridgehead atoms. The van der Waals surface area contributed by atoms with E-state index in [-0.39, 0.29) is 12.0 Å². The summed E-state index contributed by atoms with van der Waals surface area (Å²) in [5, 5.41) is 3.34. The number of nitrogens with zero attached hydrogens (tertiary/aromatic N) is 1. The summed E-state index contributed by atoms with van der Waals surface area (Å²) in [5.74, 6) is -0.226. The summed E-state index contributed by atoms with van der Waals surface area (Å²) >= 11 is 0. The molecule has 0 spiro atoms. The molecule has 0 radical (unpaired) electrons. The molecule has 118 valence electrons. The number of nitrogens with one attached hydrogen (secondary N) is 1. The van der Waals surface area contributed by atoms with Gasteiger partial charge in [-0.05, 0) is 30.6 Å². The molecular weight excluding hydrogens is 264 g/mol. The highest BCUT2D eigenvalue weighted by Gasteiger charge is 2.22. The van der Waals surface area contributed by atoms with E-state index in [1.165, 1.54) is 12.7 Å². The smallest absolute Gasteiger partial charge is 0.327 e. The predicted molar refractivity (Wildman–Crippen MR) is 86.4 cm³/mol. The molecule has 1 N–H and O–H groups in total. The standard InChI is InChI=1S/C17H28N2O2/c1-5-14-10-8-9-11-15(14)16(17(20)21-4)18-12-13-19(6-2)7-3/h8-11,16,18H,5-7,12-13H2,1-4H3. The van der Waals surface area contributed by atoms with Crippen molar-refractivity contribution in [3.05, 3.63) is 35.4 Å². The summed E-state index contributed by atoms with van der Waals surface area (Å²) in [7, 11) is 1.44. The van der Waals surface area contributed by atoms with E-state index < -0.39 is 0 Å². The fourth-order valence-electron chi connectivity index (χ4n) is 2.48. The largest absolute Gasteiger partial charge is 0.468 e. The lowest BCUT2D eigenvalue weighted by Crippen LogP contribution is -2.37. The van der Waals surface area contributed by atoms with Crippen LogP contribution in [0.15, 0.2) is 24.3 Å². The first kappa shape index (κ1) is 17.7. The molecule has 0 fully saturated rings. The van der Waals surface area contributed by atoms with E-state index in [2.05, 4.69) is 37.1 Å². The highest BCUT2D eigenvalue weighted by molar-refractivity contribution is 5.78. The van der Waals surface area contributed by atoms with Crippen molar-refractivity contribution >= 4 is 5.97 Å². The number of aryl methyl sites for hydroxylation is 1. The van der Waals surface area contributed by atoms with E-state index in [9.17, 15) is 4.79 Å². The third-order valence-electron chi connectivity index (χ3n) is 3.85. The van der Waals surface area contributed by atoms with E-state index in [1.807, 2.05) is 18.2 Å². The Morgan fingerprint density at radius 3 is 2.48 bits per heavy atom. The van der Waals surface area contributed by atoms with Crippen LogP contribution in [0.3, 0.4) is 0 Å². The topological polar surface area (TPSA) is 41.6 Å². The second kappa shape index (κ2) is 9.53. The van der Waals surface area contributed by atoms with Crippen LogP contribution in [0.4, 0.5) is 0 Å². The Bertz CT molecular complexity index is 431. The Morgan fingerprint density at radius 2 is 1.90 bits per heavy atom. The molecule has 1 aromatic carbocycles. The Morgan fingerprint density at radius 1 is 1.24 bits per heavy atom. The van der Waals surface area contributed by atoms with Gasteiger partial charge in [-0.1, -0.05) is 45.0 Å². The number of esters is 1. The molecule has 0 aromatic heterocycles. The summed E-state index contributed by atoms with van der Waals surface area (Å²) in [6, 6.07) is 7.66. The third kappa shape index (κ3) is 5.14. The number of methoxy groups -OCH3 is 1. The molecule has 1 rings (SSSR count). The fourth-order valence-corrected chi connectivity index (χ4v) is 2.48. The minimum absolute atomic E-state index is 0.226. The SMILES string of the molecule is CCc1ccccc1C(NCCN(CC)CC)C(=O)OC. The molecular formula is C17H28N2O2. The first-order valence-electron chi connectivity index (χ1n) is 7.79. The zero-order valence-corrected chi connectivity index (χ0v) is 13.7. The summed E-state index contributed by atoms with van der Waals surface area (Å²) in [6.07, 6.45) is 0.904. The lowest BCUT2D eigenvalue weighted by Gasteiger charge is -2.22. The third-order valence-corrected chi connectivity index (χ3v) is 3.85. The molecule has 0 heterocycles. The van der Waals surface area contributed by atoms with Crippen LogP contribution in [-0.4, -0.2) is 44.2 Å². The first-order valence-corrected chi connectivity index (χ1v) is 7.79. The van der Waals surface area contributed by atoms with Gasteiger partial charge in [-0.2, -0.15) is 0 Å². The van der Waals surface area contributed by atoms with Crippen molar-refractivity contribution in [3.8, 4) is 0 Å². The first-order chi connectivity index (χ1) is 10.2. The molecule has 0 saturated heterocycles. The summed E-state index contributed by atoms with van der Waals surface area (Å²) in [5.41, 5.74) is 2.20. The van der Waals surface area contributed by atoms with Crippen molar-refractivity contribution in [1.82, 2.24) is 10.2 Å². The number of ether oxygens (including phenoxy) is 1. The fraction of sp³-hybridized carbons (Fsp3) is 0.588. The van der Waals surface area contributed by atoms with Crippen molar-refractivity contribution in [2.75, 3.05) is 33.3 Å². The molecule has 1 unspecified atom stereocenters. The number of likely N-dealkylation sites (N-methyl/N-ethyl adjacent to an activating group) is 1. The van der Waals surface area contributed by atoms with Gasteiger partial charge in [0.25, 0.3) is 0 Å². The van der Waals surface area contributed by atoms with E-state index in [0.717, 1.165) is 38.2 Å². The van der Waals surface area contributed by atoms with Crippen LogP contribution in [0.5, 0.6) is 0 Å². The van der Waals surface area contributed by atoms with E-state index in [0.29, 0.717) is 0 Å². The number of rotatable bonds is 9. The Kier molecular flexibility index (Phi) is 8.01. The zero-order chi connectivity index (χ0) is 15.7. The number of hydrogen-bond donors (Lipinski definition) is 1. The van der Waals surface area contributed by atoms with Crippen molar-refractivity contribution < 1.29 is 9.53 Å². The van der Waals surface area contributed by atoms with Crippen LogP contribution < -0.4 is 5.32 Å². The molecule has 21 heavy (non-hydrogen) atoms. The van der Waals surface area contributed by atoms with Crippen molar-refractivity contribution in [3.63, 3.8) is 0 Å². The molecule has 0 aliphatic carbocycles. The quantitative estimate of drug-likeness (QED) is 0.710. The second-order valence-electron chi connectivity index (χ2n) is 4.99. The van der Waals surface area contributed by atoms with Gasteiger partial charge < -0.3 is 9.64 Å². The predicted octanol–water partition coefficient (Wildman–Crippen LogP) is 2.39. The van der Waals surface area contributed by atoms with Gasteiger partial charge in [-0.3, -0.25) is 5.32 Å². The van der Waals surface area contributed by atoms with Crippen LogP contribution in [0.25, 0.3) is 0 Å². The van der Waals surface area contributed by atoms with Gasteiger partial charge in [0.1, 0.15) is 6.04 Å². The number of hydrogen-bond acceptors (Lipinski definition) is 4. The Balaban J connectivity index is 2.79. The molecule has 0 aliphatic rings. The van der Waals surface area contributed by atoms with E-state index in [4.69, 9.17) is 4.74 Å². The number of carbonyl (C=O) groups excluding carboxylic acids is 1. The van der Waals surface area contributed by atoms with Gasteiger partial charge in [0, 0.05) is 13.1 Å². The molecule has 4 heteroatoms. The lowest BCUT2D eigenvalue weighted by atomic mass is 9.98. The normalized spacial score (nSPS) is 12.4. The monoisotopic (exact) mass is 292 g/mol. The zero-order valence-electron chi connectivity index (χ0n) is 13.7. The Hall–Kier alpha value is -1.39. The van der Waals surface area contributed by atoms with Gasteiger partial charge in [0.2, 0.25) is 0 Å². The van der Waals surface area contributed by atoms with Gasteiger partial charge in [0.15, 0.2) is 0 Å². The minimum Gasteiger partial charge on any atom is -0.468 e. The molecule has 0 aliphatic heterocycles.